The number of carboxylic acids is 1. The molecular weight excluding hydrogens is 232 g/mol. The van der Waals surface area contributed by atoms with Crippen LogP contribution in [0.25, 0.3) is 0 Å². The lowest BCUT2D eigenvalue weighted by molar-refractivity contribution is -0.137. The monoisotopic (exact) mass is 254 g/mol. The maximum absolute atomic E-state index is 12.0. The molecule has 1 rings (SSSR count). The number of carbonyl (C=O) groups excluding carboxylic acids is 1. The highest BCUT2D eigenvalue weighted by Gasteiger charge is 2.30. The Morgan fingerprint density at radius 2 is 2.00 bits per heavy atom. The fourth-order valence-corrected chi connectivity index (χ4v) is 2.33. The lowest BCUT2D eigenvalue weighted by Gasteiger charge is -2.36. The molecule has 0 aromatic heterocycles. The van der Waals surface area contributed by atoms with Gasteiger partial charge in [0.25, 0.3) is 0 Å². The summed E-state index contributed by atoms with van der Waals surface area (Å²) in [5, 5.41) is 11.7. The first kappa shape index (κ1) is 14.5. The molecule has 0 aromatic carbocycles. The molecule has 2 N–H and O–H groups in total. The van der Waals surface area contributed by atoms with E-state index in [4.69, 9.17) is 5.11 Å². The van der Waals surface area contributed by atoms with Crippen LogP contribution in [0.1, 0.15) is 39.0 Å². The van der Waals surface area contributed by atoms with Crippen molar-refractivity contribution in [1.82, 2.24) is 10.2 Å². The van der Waals surface area contributed by atoms with Crippen LogP contribution in [-0.2, 0) is 4.79 Å². The molecule has 5 nitrogen and oxygen atoms in total. The van der Waals surface area contributed by atoms with E-state index in [1.807, 2.05) is 6.92 Å². The van der Waals surface area contributed by atoms with E-state index in [0.29, 0.717) is 0 Å². The Hall–Kier alpha value is -1.52. The average molecular weight is 254 g/mol. The molecule has 0 atom stereocenters. The van der Waals surface area contributed by atoms with Gasteiger partial charge in [0.05, 0.1) is 0 Å². The molecule has 0 bridgehead atoms. The van der Waals surface area contributed by atoms with Crippen molar-refractivity contribution in [1.29, 1.82) is 0 Å². The normalized spacial score (nSPS) is 17.8. The number of aliphatic carboxylic acids is 1. The molecule has 0 heterocycles. The number of hydrogen-bond acceptors (Lipinski definition) is 2. The van der Waals surface area contributed by atoms with Gasteiger partial charge in [-0.25, -0.2) is 4.79 Å². The van der Waals surface area contributed by atoms with Crippen molar-refractivity contribution in [3.8, 4) is 0 Å². The summed E-state index contributed by atoms with van der Waals surface area (Å²) in [6.07, 6.45) is 6.86. The van der Waals surface area contributed by atoms with Crippen molar-refractivity contribution >= 4 is 12.0 Å². The number of nitrogens with one attached hydrogen (secondary N) is 1. The molecule has 0 aromatic rings. The summed E-state index contributed by atoms with van der Waals surface area (Å²) < 4.78 is 0. The van der Waals surface area contributed by atoms with Gasteiger partial charge in [0.15, 0.2) is 0 Å². The van der Waals surface area contributed by atoms with Gasteiger partial charge in [0, 0.05) is 12.1 Å². The first-order valence-corrected chi connectivity index (χ1v) is 6.37. The smallest absolute Gasteiger partial charge is 0.323 e. The number of urea groups is 1. The van der Waals surface area contributed by atoms with Gasteiger partial charge in [-0.2, -0.15) is 0 Å². The van der Waals surface area contributed by atoms with Crippen molar-refractivity contribution in [3.05, 3.63) is 12.7 Å². The molecule has 0 saturated heterocycles. The maximum atomic E-state index is 12.0. The maximum Gasteiger partial charge on any atom is 0.323 e. The van der Waals surface area contributed by atoms with Crippen LogP contribution in [0.3, 0.4) is 0 Å². The van der Waals surface area contributed by atoms with Crippen LogP contribution in [0, 0.1) is 0 Å². The van der Waals surface area contributed by atoms with E-state index in [9.17, 15) is 9.59 Å². The van der Waals surface area contributed by atoms with Crippen molar-refractivity contribution in [3.63, 3.8) is 0 Å². The minimum absolute atomic E-state index is 0.201. The molecular formula is C13H22N2O3. The molecule has 1 saturated carbocycles. The van der Waals surface area contributed by atoms with E-state index >= 15 is 0 Å². The van der Waals surface area contributed by atoms with Crippen LogP contribution < -0.4 is 5.32 Å². The zero-order valence-corrected chi connectivity index (χ0v) is 10.9. The first-order valence-electron chi connectivity index (χ1n) is 6.37. The Kier molecular flexibility index (Phi) is 5.19. The second-order valence-electron chi connectivity index (χ2n) is 5.11. The zero-order chi connectivity index (χ0) is 13.6. The molecule has 0 spiro atoms. The summed E-state index contributed by atoms with van der Waals surface area (Å²) in [5.41, 5.74) is -0.201. The fourth-order valence-electron chi connectivity index (χ4n) is 2.33. The van der Waals surface area contributed by atoms with E-state index in [0.717, 1.165) is 25.7 Å². The van der Waals surface area contributed by atoms with Crippen molar-refractivity contribution in [2.24, 2.45) is 0 Å². The molecule has 5 heteroatoms. The standard InChI is InChI=1S/C13H22N2O3/c1-3-9-15(10-11(16)17)12(18)14-13(2)7-5-4-6-8-13/h3H,1,4-10H2,2H3,(H,14,18)(H,16,17). The number of hydrogen-bond donors (Lipinski definition) is 2. The highest BCUT2D eigenvalue weighted by molar-refractivity contribution is 5.80. The number of amides is 2. The molecule has 1 aliphatic carbocycles. The summed E-state index contributed by atoms with van der Waals surface area (Å²) in [6.45, 7) is 5.51. The van der Waals surface area contributed by atoms with Crippen LogP contribution in [0.4, 0.5) is 4.79 Å². The van der Waals surface area contributed by atoms with Gasteiger partial charge < -0.3 is 15.3 Å². The first-order chi connectivity index (χ1) is 8.47. The number of rotatable bonds is 5. The summed E-state index contributed by atoms with van der Waals surface area (Å²) in [6, 6.07) is -0.318. The Bertz CT molecular complexity index is 322. The van der Waals surface area contributed by atoms with Crippen LogP contribution in [0.15, 0.2) is 12.7 Å². The van der Waals surface area contributed by atoms with Gasteiger partial charge in [0.2, 0.25) is 0 Å². The molecule has 2 amide bonds. The topological polar surface area (TPSA) is 69.6 Å². The van der Waals surface area contributed by atoms with E-state index in [1.54, 1.807) is 0 Å². The van der Waals surface area contributed by atoms with E-state index < -0.39 is 5.97 Å². The van der Waals surface area contributed by atoms with Gasteiger partial charge in [0.1, 0.15) is 6.54 Å². The largest absolute Gasteiger partial charge is 0.480 e. The lowest BCUT2D eigenvalue weighted by Crippen LogP contribution is -2.53. The molecule has 18 heavy (non-hydrogen) atoms. The second-order valence-corrected chi connectivity index (χ2v) is 5.11. The second kappa shape index (κ2) is 6.42. The molecule has 0 aliphatic heterocycles. The highest BCUT2D eigenvalue weighted by Crippen LogP contribution is 2.27. The highest BCUT2D eigenvalue weighted by atomic mass is 16.4. The molecule has 1 aliphatic rings. The number of carboxylic acid groups (broad SMARTS) is 1. The van der Waals surface area contributed by atoms with Crippen LogP contribution >= 0.6 is 0 Å². The van der Waals surface area contributed by atoms with Crippen molar-refractivity contribution in [2.75, 3.05) is 13.1 Å². The third-order valence-corrected chi connectivity index (χ3v) is 3.33. The van der Waals surface area contributed by atoms with Crippen LogP contribution in [0.5, 0.6) is 0 Å². The molecule has 0 unspecified atom stereocenters. The van der Waals surface area contributed by atoms with E-state index in [2.05, 4.69) is 11.9 Å². The Morgan fingerprint density at radius 3 is 2.50 bits per heavy atom. The lowest BCUT2D eigenvalue weighted by atomic mass is 9.83. The zero-order valence-electron chi connectivity index (χ0n) is 10.9. The Morgan fingerprint density at radius 1 is 1.39 bits per heavy atom. The SMILES string of the molecule is C=CCN(CC(=O)O)C(=O)NC1(C)CCCCC1. The Balaban J connectivity index is 2.59. The third-order valence-electron chi connectivity index (χ3n) is 3.33. The predicted molar refractivity (Wildman–Crippen MR) is 69.4 cm³/mol. The summed E-state index contributed by atoms with van der Waals surface area (Å²) >= 11 is 0. The van der Waals surface area contributed by atoms with Crippen LogP contribution in [-0.4, -0.2) is 40.6 Å². The quantitative estimate of drug-likeness (QED) is 0.737. The van der Waals surface area contributed by atoms with Gasteiger partial charge in [-0.05, 0) is 19.8 Å². The van der Waals surface area contributed by atoms with Crippen molar-refractivity contribution in [2.45, 2.75) is 44.6 Å². The van der Waals surface area contributed by atoms with Crippen LogP contribution in [0.2, 0.25) is 0 Å². The molecule has 1 fully saturated rings. The molecule has 102 valence electrons. The summed E-state index contributed by atoms with van der Waals surface area (Å²) in [5.74, 6) is -1.01. The van der Waals surface area contributed by atoms with Crippen molar-refractivity contribution < 1.29 is 14.7 Å². The van der Waals surface area contributed by atoms with Gasteiger partial charge >= 0.3 is 12.0 Å². The fraction of sp³-hybridized carbons (Fsp3) is 0.692. The van der Waals surface area contributed by atoms with E-state index in [1.165, 1.54) is 17.4 Å². The third kappa shape index (κ3) is 4.39. The van der Waals surface area contributed by atoms with Gasteiger partial charge in [-0.15, -0.1) is 6.58 Å². The predicted octanol–water partition coefficient (Wildman–Crippen LogP) is 1.99. The number of carbonyl (C=O) groups is 2. The van der Waals surface area contributed by atoms with Gasteiger partial charge in [-0.1, -0.05) is 25.3 Å². The summed E-state index contributed by atoms with van der Waals surface area (Å²) in [4.78, 5) is 24.0. The minimum atomic E-state index is -1.01. The van der Waals surface area contributed by atoms with Gasteiger partial charge in [-0.3, -0.25) is 4.79 Å². The minimum Gasteiger partial charge on any atom is -0.480 e. The number of nitrogens with zero attached hydrogens (tertiary/aromatic N) is 1. The van der Waals surface area contributed by atoms with E-state index in [-0.39, 0.29) is 24.7 Å². The summed E-state index contributed by atoms with van der Waals surface area (Å²) in [7, 11) is 0. The average Bonchev–Trinajstić information content (AvgIpc) is 2.28. The molecule has 0 radical (unpaired) electrons. The Labute approximate surface area is 108 Å².